The summed E-state index contributed by atoms with van der Waals surface area (Å²) in [6.45, 7) is 0. The number of hydrogen-bond donors (Lipinski definition) is 3. The second-order valence-corrected chi connectivity index (χ2v) is 4.24. The van der Waals surface area contributed by atoms with Gasteiger partial charge in [0, 0.05) is 18.4 Å². The molecule has 0 saturated heterocycles. The van der Waals surface area contributed by atoms with Crippen LogP contribution < -0.4 is 11.5 Å². The number of rotatable bonds is 4. The van der Waals surface area contributed by atoms with Crippen LogP contribution in [0.3, 0.4) is 0 Å². The third kappa shape index (κ3) is 2.92. The van der Waals surface area contributed by atoms with Crippen LogP contribution in [0.5, 0.6) is 0 Å². The molecule has 4 nitrogen and oxygen atoms in total. The second kappa shape index (κ2) is 5.73. The molecule has 0 amide bonds. The topological polar surface area (TPSA) is 85.2 Å². The largest absolute Gasteiger partial charge is 0.375 e. The summed E-state index contributed by atoms with van der Waals surface area (Å²) in [5.74, 6) is 0. The zero-order valence-corrected chi connectivity index (χ0v) is 10.0. The zero-order valence-electron chi connectivity index (χ0n) is 10.0. The first-order valence-corrected chi connectivity index (χ1v) is 5.85. The molecule has 0 aliphatic carbocycles. The molecular formula is C14H17N3O. The zero-order chi connectivity index (χ0) is 13.0. The predicted octanol–water partition coefficient (Wildman–Crippen LogP) is 1.27. The molecule has 4 heteroatoms. The normalized spacial score (nSPS) is 14.2. The van der Waals surface area contributed by atoms with Gasteiger partial charge in [0.1, 0.15) is 6.23 Å². The molecule has 94 valence electrons. The molecule has 0 aliphatic rings. The summed E-state index contributed by atoms with van der Waals surface area (Å²) in [5, 5.41) is 9.53. The average molecular weight is 243 g/mol. The Kier molecular flexibility index (Phi) is 4.04. The van der Waals surface area contributed by atoms with Crippen molar-refractivity contribution in [3.05, 3.63) is 65.5 Å². The van der Waals surface area contributed by atoms with E-state index in [1.165, 1.54) is 0 Å². The number of benzene rings is 1. The van der Waals surface area contributed by atoms with Gasteiger partial charge in [0.05, 0.1) is 0 Å². The van der Waals surface area contributed by atoms with Gasteiger partial charge >= 0.3 is 0 Å². The van der Waals surface area contributed by atoms with Crippen LogP contribution in [0, 0.1) is 0 Å². The number of nitrogens with zero attached hydrogens (tertiary/aromatic N) is 1. The van der Waals surface area contributed by atoms with E-state index in [-0.39, 0.29) is 6.04 Å². The molecule has 0 saturated carbocycles. The molecule has 1 aromatic heterocycles. The Morgan fingerprint density at radius 1 is 1.00 bits per heavy atom. The predicted molar refractivity (Wildman–Crippen MR) is 70.5 cm³/mol. The van der Waals surface area contributed by atoms with Crippen molar-refractivity contribution in [3.8, 4) is 0 Å². The van der Waals surface area contributed by atoms with Crippen molar-refractivity contribution in [3.63, 3.8) is 0 Å². The Balaban J connectivity index is 2.21. The van der Waals surface area contributed by atoms with Crippen LogP contribution in [-0.2, 0) is 6.42 Å². The van der Waals surface area contributed by atoms with Crippen molar-refractivity contribution < 1.29 is 5.11 Å². The summed E-state index contributed by atoms with van der Waals surface area (Å²) < 4.78 is 0. The van der Waals surface area contributed by atoms with Gasteiger partial charge in [-0.1, -0.05) is 24.3 Å². The Labute approximate surface area is 106 Å². The summed E-state index contributed by atoms with van der Waals surface area (Å²) in [7, 11) is 0. The molecule has 0 aliphatic heterocycles. The molecule has 0 radical (unpaired) electrons. The first-order chi connectivity index (χ1) is 8.68. The molecular weight excluding hydrogens is 226 g/mol. The smallest absolute Gasteiger partial charge is 0.128 e. The van der Waals surface area contributed by atoms with Crippen LogP contribution in [0.1, 0.15) is 29.0 Å². The molecule has 2 atom stereocenters. The quantitative estimate of drug-likeness (QED) is 0.706. The highest BCUT2D eigenvalue weighted by atomic mass is 16.3. The molecule has 2 rings (SSSR count). The van der Waals surface area contributed by atoms with Crippen LogP contribution in [0.2, 0.25) is 0 Å². The molecule has 18 heavy (non-hydrogen) atoms. The lowest BCUT2D eigenvalue weighted by Gasteiger charge is -2.18. The highest BCUT2D eigenvalue weighted by molar-refractivity contribution is 5.32. The maximum atomic E-state index is 9.53. The standard InChI is InChI=1S/C14H17N3O/c15-13(9-10-5-7-17-8-6-10)11-3-1-2-4-12(11)14(16)18/h1-8,13-14,18H,9,15-16H2. The number of aliphatic hydroxyl groups excluding tert-OH is 1. The first-order valence-electron chi connectivity index (χ1n) is 5.85. The number of aliphatic hydroxyl groups is 1. The Morgan fingerprint density at radius 2 is 1.61 bits per heavy atom. The van der Waals surface area contributed by atoms with Crippen LogP contribution >= 0.6 is 0 Å². The van der Waals surface area contributed by atoms with Gasteiger partial charge in [0.25, 0.3) is 0 Å². The summed E-state index contributed by atoms with van der Waals surface area (Å²) in [6.07, 6.45) is 3.17. The molecule has 0 spiro atoms. The monoisotopic (exact) mass is 243 g/mol. The highest BCUT2D eigenvalue weighted by Gasteiger charge is 2.14. The van der Waals surface area contributed by atoms with Crippen molar-refractivity contribution in [2.24, 2.45) is 11.5 Å². The maximum Gasteiger partial charge on any atom is 0.128 e. The van der Waals surface area contributed by atoms with Gasteiger partial charge in [-0.2, -0.15) is 0 Å². The maximum absolute atomic E-state index is 9.53. The van der Waals surface area contributed by atoms with E-state index < -0.39 is 6.23 Å². The fraction of sp³-hybridized carbons (Fsp3) is 0.214. The Morgan fingerprint density at radius 3 is 2.22 bits per heavy atom. The lowest BCUT2D eigenvalue weighted by Crippen LogP contribution is -2.19. The average Bonchev–Trinajstić information content (AvgIpc) is 2.40. The van der Waals surface area contributed by atoms with Crippen LogP contribution in [0.4, 0.5) is 0 Å². The fourth-order valence-corrected chi connectivity index (χ4v) is 2.00. The van der Waals surface area contributed by atoms with E-state index in [4.69, 9.17) is 11.5 Å². The van der Waals surface area contributed by atoms with E-state index in [1.54, 1.807) is 18.5 Å². The van der Waals surface area contributed by atoms with Gasteiger partial charge in [0.2, 0.25) is 0 Å². The highest BCUT2D eigenvalue weighted by Crippen LogP contribution is 2.22. The van der Waals surface area contributed by atoms with Gasteiger partial charge in [-0.15, -0.1) is 0 Å². The second-order valence-electron chi connectivity index (χ2n) is 4.24. The number of aromatic nitrogens is 1. The van der Waals surface area contributed by atoms with Crippen molar-refractivity contribution in [1.82, 2.24) is 4.98 Å². The van der Waals surface area contributed by atoms with Gasteiger partial charge in [-0.3, -0.25) is 4.98 Å². The van der Waals surface area contributed by atoms with E-state index in [0.717, 1.165) is 11.1 Å². The van der Waals surface area contributed by atoms with E-state index in [9.17, 15) is 5.11 Å². The Hall–Kier alpha value is -1.75. The molecule has 5 N–H and O–H groups in total. The third-order valence-corrected chi connectivity index (χ3v) is 2.92. The van der Waals surface area contributed by atoms with Gasteiger partial charge in [-0.05, 0) is 35.2 Å². The van der Waals surface area contributed by atoms with Crippen LogP contribution in [-0.4, -0.2) is 10.1 Å². The minimum atomic E-state index is -0.996. The third-order valence-electron chi connectivity index (χ3n) is 2.92. The van der Waals surface area contributed by atoms with Crippen molar-refractivity contribution in [1.29, 1.82) is 0 Å². The minimum absolute atomic E-state index is 0.193. The lowest BCUT2D eigenvalue weighted by molar-refractivity contribution is 0.184. The van der Waals surface area contributed by atoms with E-state index >= 15 is 0 Å². The summed E-state index contributed by atoms with van der Waals surface area (Å²) in [4.78, 5) is 3.97. The van der Waals surface area contributed by atoms with Crippen LogP contribution in [0.25, 0.3) is 0 Å². The summed E-state index contributed by atoms with van der Waals surface area (Å²) >= 11 is 0. The number of nitrogens with two attached hydrogens (primary N) is 2. The van der Waals surface area contributed by atoms with Crippen molar-refractivity contribution in [2.45, 2.75) is 18.7 Å². The number of pyridine rings is 1. The fourth-order valence-electron chi connectivity index (χ4n) is 2.00. The summed E-state index contributed by atoms with van der Waals surface area (Å²) in [5.41, 5.74) is 14.4. The van der Waals surface area contributed by atoms with Gasteiger partial charge < -0.3 is 16.6 Å². The van der Waals surface area contributed by atoms with Crippen molar-refractivity contribution in [2.75, 3.05) is 0 Å². The van der Waals surface area contributed by atoms with E-state index in [2.05, 4.69) is 4.98 Å². The van der Waals surface area contributed by atoms with Gasteiger partial charge in [-0.25, -0.2) is 0 Å². The molecule has 0 bridgehead atoms. The SMILES string of the molecule is NC(O)c1ccccc1C(N)Cc1ccncc1. The molecule has 0 fully saturated rings. The first kappa shape index (κ1) is 12.7. The minimum Gasteiger partial charge on any atom is -0.375 e. The summed E-state index contributed by atoms with van der Waals surface area (Å²) in [6, 6.07) is 11.1. The molecule has 2 unspecified atom stereocenters. The molecule has 1 heterocycles. The Bertz CT molecular complexity index is 499. The lowest BCUT2D eigenvalue weighted by atomic mass is 9.95. The van der Waals surface area contributed by atoms with E-state index in [1.807, 2.05) is 30.3 Å². The van der Waals surface area contributed by atoms with E-state index in [0.29, 0.717) is 12.0 Å². The van der Waals surface area contributed by atoms with Crippen molar-refractivity contribution >= 4 is 0 Å². The van der Waals surface area contributed by atoms with Gasteiger partial charge in [0.15, 0.2) is 0 Å². The molecule has 1 aromatic carbocycles. The molecule has 2 aromatic rings. The number of hydrogen-bond acceptors (Lipinski definition) is 4. The van der Waals surface area contributed by atoms with Crippen LogP contribution in [0.15, 0.2) is 48.8 Å².